The first-order valence-corrected chi connectivity index (χ1v) is 11.4. The van der Waals surface area contributed by atoms with Gasteiger partial charge in [-0.1, -0.05) is 36.2 Å². The molecule has 0 bridgehead atoms. The molecule has 5 rings (SSSR count). The lowest BCUT2D eigenvalue weighted by molar-refractivity contribution is 0.306. The van der Waals surface area contributed by atoms with Crippen molar-refractivity contribution in [2.45, 2.75) is 38.7 Å². The van der Waals surface area contributed by atoms with Gasteiger partial charge in [0.15, 0.2) is 0 Å². The Bertz CT molecular complexity index is 1260. The lowest BCUT2D eigenvalue weighted by atomic mass is 10.1. The Morgan fingerprint density at radius 1 is 1.03 bits per heavy atom. The Morgan fingerprint density at radius 3 is 2.67 bits per heavy atom. The van der Waals surface area contributed by atoms with Crippen LogP contribution in [-0.4, -0.2) is 9.97 Å². The van der Waals surface area contributed by atoms with Crippen LogP contribution in [0.3, 0.4) is 0 Å². The molecule has 2 aromatic heterocycles. The van der Waals surface area contributed by atoms with Gasteiger partial charge in [-0.3, -0.25) is 4.79 Å². The molecule has 2 heterocycles. The molecule has 0 atom stereocenters. The van der Waals surface area contributed by atoms with Gasteiger partial charge in [0.1, 0.15) is 23.0 Å². The van der Waals surface area contributed by atoms with Crippen LogP contribution in [0.2, 0.25) is 5.02 Å². The van der Waals surface area contributed by atoms with E-state index in [0.717, 1.165) is 46.4 Å². The number of hydrogen-bond donors (Lipinski definition) is 1. The highest BCUT2D eigenvalue weighted by Crippen LogP contribution is 2.33. The van der Waals surface area contributed by atoms with Crippen molar-refractivity contribution in [1.29, 1.82) is 0 Å². The number of aromatic amines is 1. The van der Waals surface area contributed by atoms with Gasteiger partial charge in [-0.25, -0.2) is 4.98 Å². The SMILES string of the molecule is O=c1[nH]c(-c2ccc(OCc3ccccc3Cl)cc2)nc2sc3c(c12)CCCCC3. The van der Waals surface area contributed by atoms with Crippen molar-refractivity contribution in [3.8, 4) is 17.1 Å². The summed E-state index contributed by atoms with van der Waals surface area (Å²) in [4.78, 5) is 22.8. The minimum absolute atomic E-state index is 0.0338. The Labute approximate surface area is 183 Å². The lowest BCUT2D eigenvalue weighted by Gasteiger charge is -2.08. The summed E-state index contributed by atoms with van der Waals surface area (Å²) in [7, 11) is 0. The van der Waals surface area contributed by atoms with E-state index in [1.807, 2.05) is 48.5 Å². The summed E-state index contributed by atoms with van der Waals surface area (Å²) in [6.45, 7) is 0.404. The molecule has 2 aromatic carbocycles. The number of nitrogens with one attached hydrogen (secondary N) is 1. The van der Waals surface area contributed by atoms with Crippen molar-refractivity contribution >= 4 is 33.2 Å². The zero-order valence-electron chi connectivity index (χ0n) is 16.4. The summed E-state index contributed by atoms with van der Waals surface area (Å²) in [5.74, 6) is 1.34. The van der Waals surface area contributed by atoms with Crippen LogP contribution in [0.1, 0.15) is 35.3 Å². The van der Waals surface area contributed by atoms with Gasteiger partial charge >= 0.3 is 0 Å². The maximum atomic E-state index is 12.9. The number of aryl methyl sites for hydroxylation is 2. The molecule has 1 N–H and O–H groups in total. The van der Waals surface area contributed by atoms with Gasteiger partial charge in [0, 0.05) is 21.0 Å². The second-order valence-electron chi connectivity index (χ2n) is 7.56. The quantitative estimate of drug-likeness (QED) is 0.390. The van der Waals surface area contributed by atoms with Gasteiger partial charge in [-0.15, -0.1) is 11.3 Å². The van der Waals surface area contributed by atoms with Gasteiger partial charge in [0.05, 0.1) is 5.39 Å². The van der Waals surface area contributed by atoms with Crippen LogP contribution in [0.15, 0.2) is 53.3 Å². The average molecular weight is 437 g/mol. The molecular weight excluding hydrogens is 416 g/mol. The Hall–Kier alpha value is -2.63. The molecular formula is C24H21ClN2O2S. The van der Waals surface area contributed by atoms with Crippen LogP contribution in [0.25, 0.3) is 21.6 Å². The molecule has 152 valence electrons. The van der Waals surface area contributed by atoms with E-state index in [-0.39, 0.29) is 5.56 Å². The Balaban J connectivity index is 1.40. The van der Waals surface area contributed by atoms with Crippen molar-refractivity contribution in [3.05, 3.63) is 79.9 Å². The number of hydrogen-bond acceptors (Lipinski definition) is 4. The third-order valence-corrected chi connectivity index (χ3v) is 7.11. The minimum Gasteiger partial charge on any atom is -0.489 e. The summed E-state index contributed by atoms with van der Waals surface area (Å²) in [6, 6.07) is 15.3. The van der Waals surface area contributed by atoms with E-state index in [1.165, 1.54) is 23.3 Å². The monoisotopic (exact) mass is 436 g/mol. The first kappa shape index (κ1) is 19.3. The molecule has 1 aliphatic carbocycles. The molecule has 0 saturated carbocycles. The Morgan fingerprint density at radius 2 is 1.83 bits per heavy atom. The zero-order valence-corrected chi connectivity index (χ0v) is 18.0. The largest absolute Gasteiger partial charge is 0.489 e. The molecule has 4 aromatic rings. The molecule has 0 saturated heterocycles. The van der Waals surface area contributed by atoms with Crippen LogP contribution < -0.4 is 10.3 Å². The highest BCUT2D eigenvalue weighted by Gasteiger charge is 2.19. The molecule has 0 radical (unpaired) electrons. The molecule has 0 fully saturated rings. The van der Waals surface area contributed by atoms with E-state index in [4.69, 9.17) is 21.3 Å². The van der Waals surface area contributed by atoms with E-state index in [0.29, 0.717) is 17.5 Å². The predicted octanol–water partition coefficient (Wildman–Crippen LogP) is 6.15. The van der Waals surface area contributed by atoms with Gasteiger partial charge < -0.3 is 9.72 Å². The second kappa shape index (κ2) is 8.25. The number of aromatic nitrogens is 2. The normalized spacial score (nSPS) is 13.8. The molecule has 0 amide bonds. The molecule has 4 nitrogen and oxygen atoms in total. The number of halogens is 1. The number of nitrogens with zero attached hydrogens (tertiary/aromatic N) is 1. The number of ether oxygens (including phenoxy) is 1. The highest BCUT2D eigenvalue weighted by atomic mass is 35.5. The highest BCUT2D eigenvalue weighted by molar-refractivity contribution is 7.18. The number of fused-ring (bicyclic) bond motifs is 3. The van der Waals surface area contributed by atoms with E-state index in [1.54, 1.807) is 11.3 Å². The average Bonchev–Trinajstić information content (AvgIpc) is 2.95. The fraction of sp³-hybridized carbons (Fsp3) is 0.250. The van der Waals surface area contributed by atoms with Crippen LogP contribution in [0, 0.1) is 0 Å². The second-order valence-corrected chi connectivity index (χ2v) is 9.05. The molecule has 30 heavy (non-hydrogen) atoms. The summed E-state index contributed by atoms with van der Waals surface area (Å²) >= 11 is 7.86. The topological polar surface area (TPSA) is 55.0 Å². The van der Waals surface area contributed by atoms with Crippen LogP contribution >= 0.6 is 22.9 Å². The van der Waals surface area contributed by atoms with Gasteiger partial charge in [-0.2, -0.15) is 0 Å². The van der Waals surface area contributed by atoms with E-state index < -0.39 is 0 Å². The number of thiophene rings is 1. The third-order valence-electron chi connectivity index (χ3n) is 5.55. The van der Waals surface area contributed by atoms with Crippen molar-refractivity contribution < 1.29 is 4.74 Å². The van der Waals surface area contributed by atoms with E-state index >= 15 is 0 Å². The minimum atomic E-state index is -0.0338. The third kappa shape index (κ3) is 3.75. The summed E-state index contributed by atoms with van der Waals surface area (Å²) in [5, 5.41) is 1.49. The first-order chi connectivity index (χ1) is 14.7. The number of H-pyrrole nitrogens is 1. The van der Waals surface area contributed by atoms with E-state index in [9.17, 15) is 4.79 Å². The zero-order chi connectivity index (χ0) is 20.5. The molecule has 0 spiro atoms. The summed E-state index contributed by atoms with van der Waals surface area (Å²) in [5.41, 5.74) is 2.99. The van der Waals surface area contributed by atoms with E-state index in [2.05, 4.69) is 4.98 Å². The summed E-state index contributed by atoms with van der Waals surface area (Å²) in [6.07, 6.45) is 5.62. The fourth-order valence-corrected chi connectivity index (χ4v) is 5.42. The van der Waals surface area contributed by atoms with Crippen LogP contribution in [0.4, 0.5) is 0 Å². The smallest absolute Gasteiger partial charge is 0.260 e. The summed E-state index contributed by atoms with van der Waals surface area (Å²) < 4.78 is 5.85. The number of rotatable bonds is 4. The number of benzene rings is 2. The van der Waals surface area contributed by atoms with Crippen LogP contribution in [0.5, 0.6) is 5.75 Å². The maximum absolute atomic E-state index is 12.9. The predicted molar refractivity (Wildman–Crippen MR) is 123 cm³/mol. The molecule has 6 heteroatoms. The van der Waals surface area contributed by atoms with Gasteiger partial charge in [0.2, 0.25) is 0 Å². The maximum Gasteiger partial charge on any atom is 0.260 e. The fourth-order valence-electron chi connectivity index (χ4n) is 3.96. The standard InChI is InChI=1S/C24H21ClN2O2S/c25-19-8-5-4-6-16(19)14-29-17-12-10-15(11-13-17)22-26-23(28)21-18-7-2-1-3-9-20(18)30-24(21)27-22/h4-6,8,10-13H,1-3,7,9,14H2,(H,26,27,28). The first-order valence-electron chi connectivity index (χ1n) is 10.2. The lowest BCUT2D eigenvalue weighted by Crippen LogP contribution is -2.10. The van der Waals surface area contributed by atoms with Gasteiger partial charge in [-0.05, 0) is 61.6 Å². The van der Waals surface area contributed by atoms with Crippen molar-refractivity contribution in [2.75, 3.05) is 0 Å². The molecule has 0 aliphatic heterocycles. The van der Waals surface area contributed by atoms with Crippen molar-refractivity contribution in [2.24, 2.45) is 0 Å². The van der Waals surface area contributed by atoms with Crippen molar-refractivity contribution in [1.82, 2.24) is 9.97 Å². The van der Waals surface area contributed by atoms with Gasteiger partial charge in [0.25, 0.3) is 5.56 Å². The molecule has 0 unspecified atom stereocenters. The Kier molecular flexibility index (Phi) is 5.32. The molecule has 1 aliphatic rings. The van der Waals surface area contributed by atoms with Crippen molar-refractivity contribution in [3.63, 3.8) is 0 Å². The van der Waals surface area contributed by atoms with Crippen LogP contribution in [-0.2, 0) is 19.4 Å².